The quantitative estimate of drug-likeness (QED) is 0.470. The van der Waals surface area contributed by atoms with Gasteiger partial charge in [0.1, 0.15) is 0 Å². The predicted octanol–water partition coefficient (Wildman–Crippen LogP) is 2.45. The number of rotatable bonds is 12. The number of hydrogen-bond acceptors (Lipinski definition) is 3. The first kappa shape index (κ1) is 14.9. The fourth-order valence-corrected chi connectivity index (χ4v) is 1.03. The van der Waals surface area contributed by atoms with E-state index in [1.54, 1.807) is 0 Å². The monoisotopic (exact) mass is 217 g/mol. The van der Waals surface area contributed by atoms with Gasteiger partial charge in [0.05, 0.1) is 13.2 Å². The Kier molecular flexibility index (Phi) is 13.8. The molecule has 0 unspecified atom stereocenters. The van der Waals surface area contributed by atoms with Crippen LogP contribution in [0.25, 0.3) is 0 Å². The summed E-state index contributed by atoms with van der Waals surface area (Å²) in [5.74, 6) is 0. The normalized spacial score (nSPS) is 10.8. The smallest absolute Gasteiger partial charge is 0.0700 e. The lowest BCUT2D eigenvalue weighted by molar-refractivity contribution is 0.0522. The fraction of sp³-hybridized carbons (Fsp3) is 0.917. The van der Waals surface area contributed by atoms with Crippen LogP contribution < -0.4 is 0 Å². The third kappa shape index (κ3) is 13.9. The molecule has 0 aliphatic carbocycles. The third-order valence-corrected chi connectivity index (χ3v) is 1.92. The van der Waals surface area contributed by atoms with Crippen LogP contribution in [0, 0.1) is 6.42 Å². The number of hydrogen-bond donors (Lipinski definition) is 0. The molecule has 0 atom stereocenters. The standard InChI is InChI=1S/C12H25O3/c1-3-5-8-14-9-6-7-10-15-12-11-13-4-2/h6H,3-5,7-12H2,1-2H3. The molecule has 3 nitrogen and oxygen atoms in total. The first-order chi connectivity index (χ1) is 7.41. The Balaban J connectivity index is 2.81. The molecule has 91 valence electrons. The highest BCUT2D eigenvalue weighted by Crippen LogP contribution is 1.93. The van der Waals surface area contributed by atoms with Crippen LogP contribution in [0.5, 0.6) is 0 Å². The van der Waals surface area contributed by atoms with Gasteiger partial charge >= 0.3 is 0 Å². The molecule has 0 bridgehead atoms. The summed E-state index contributed by atoms with van der Waals surface area (Å²) < 4.78 is 15.9. The second kappa shape index (κ2) is 13.9. The number of unbranched alkanes of at least 4 members (excludes halogenated alkanes) is 2. The molecular formula is C12H25O3. The molecule has 0 fully saturated rings. The molecule has 0 aromatic rings. The van der Waals surface area contributed by atoms with Gasteiger partial charge < -0.3 is 14.2 Å². The second-order valence-electron chi connectivity index (χ2n) is 3.32. The molecule has 0 spiro atoms. The lowest BCUT2D eigenvalue weighted by atomic mass is 10.3. The van der Waals surface area contributed by atoms with Gasteiger partial charge in [-0.2, -0.15) is 0 Å². The average molecular weight is 217 g/mol. The minimum absolute atomic E-state index is 0.693. The average Bonchev–Trinajstić information content (AvgIpc) is 2.26. The van der Waals surface area contributed by atoms with Gasteiger partial charge in [-0.15, -0.1) is 0 Å². The van der Waals surface area contributed by atoms with Gasteiger partial charge in [0.2, 0.25) is 0 Å². The van der Waals surface area contributed by atoms with Crippen LogP contribution in [0.2, 0.25) is 0 Å². The van der Waals surface area contributed by atoms with E-state index in [-0.39, 0.29) is 0 Å². The molecule has 1 radical (unpaired) electrons. The minimum atomic E-state index is 0.693. The van der Waals surface area contributed by atoms with E-state index in [4.69, 9.17) is 14.2 Å². The molecule has 0 rings (SSSR count). The van der Waals surface area contributed by atoms with Crippen LogP contribution in [-0.2, 0) is 14.2 Å². The Labute approximate surface area is 94.1 Å². The summed E-state index contributed by atoms with van der Waals surface area (Å²) in [5, 5.41) is 0. The van der Waals surface area contributed by atoms with E-state index in [1.165, 1.54) is 6.42 Å². The maximum absolute atomic E-state index is 5.38. The van der Waals surface area contributed by atoms with Crippen LogP contribution in [0.3, 0.4) is 0 Å². The largest absolute Gasteiger partial charge is 0.381 e. The highest BCUT2D eigenvalue weighted by atomic mass is 16.5. The molecule has 3 heteroatoms. The Bertz CT molecular complexity index is 95.0. The Morgan fingerprint density at radius 2 is 1.67 bits per heavy atom. The van der Waals surface area contributed by atoms with Crippen molar-refractivity contribution in [3.63, 3.8) is 0 Å². The van der Waals surface area contributed by atoms with Gasteiger partial charge in [-0.1, -0.05) is 13.3 Å². The van der Waals surface area contributed by atoms with Crippen molar-refractivity contribution >= 4 is 0 Å². The maximum atomic E-state index is 5.38. The summed E-state index contributed by atoms with van der Waals surface area (Å²) in [6.45, 7) is 8.70. The van der Waals surface area contributed by atoms with Crippen molar-refractivity contribution in [1.82, 2.24) is 0 Å². The van der Waals surface area contributed by atoms with Crippen LogP contribution in [0.4, 0.5) is 0 Å². The maximum Gasteiger partial charge on any atom is 0.0700 e. The van der Waals surface area contributed by atoms with Gasteiger partial charge in [-0.3, -0.25) is 0 Å². The third-order valence-electron chi connectivity index (χ3n) is 1.92. The van der Waals surface area contributed by atoms with Gasteiger partial charge in [0.15, 0.2) is 0 Å². The van der Waals surface area contributed by atoms with Crippen LogP contribution in [-0.4, -0.2) is 39.6 Å². The van der Waals surface area contributed by atoms with Crippen molar-refractivity contribution in [3.8, 4) is 0 Å². The molecule has 0 saturated heterocycles. The van der Waals surface area contributed by atoms with Crippen molar-refractivity contribution in [2.24, 2.45) is 0 Å². The van der Waals surface area contributed by atoms with Gasteiger partial charge in [-0.25, -0.2) is 0 Å². The lowest BCUT2D eigenvalue weighted by Crippen LogP contribution is -2.06. The highest BCUT2D eigenvalue weighted by Gasteiger charge is 1.91. The van der Waals surface area contributed by atoms with E-state index < -0.39 is 0 Å². The molecule has 0 aromatic carbocycles. The summed E-state index contributed by atoms with van der Waals surface area (Å²) in [6.07, 6.45) is 5.42. The first-order valence-electron chi connectivity index (χ1n) is 5.96. The lowest BCUT2D eigenvalue weighted by Gasteiger charge is -2.04. The molecule has 0 N–H and O–H groups in total. The molecule has 0 aromatic heterocycles. The summed E-state index contributed by atoms with van der Waals surface area (Å²) in [7, 11) is 0. The van der Waals surface area contributed by atoms with E-state index in [0.717, 1.165) is 39.3 Å². The van der Waals surface area contributed by atoms with Crippen molar-refractivity contribution in [3.05, 3.63) is 6.42 Å². The summed E-state index contributed by atoms with van der Waals surface area (Å²) in [6, 6.07) is 0. The minimum Gasteiger partial charge on any atom is -0.381 e. The molecule has 0 saturated carbocycles. The number of ether oxygens (including phenoxy) is 3. The Morgan fingerprint density at radius 3 is 2.40 bits per heavy atom. The second-order valence-corrected chi connectivity index (χ2v) is 3.32. The summed E-state index contributed by atoms with van der Waals surface area (Å²) in [5.41, 5.74) is 0. The first-order valence-corrected chi connectivity index (χ1v) is 5.96. The van der Waals surface area contributed by atoms with Gasteiger partial charge in [-0.05, 0) is 26.2 Å². The highest BCUT2D eigenvalue weighted by molar-refractivity contribution is 4.62. The van der Waals surface area contributed by atoms with E-state index in [9.17, 15) is 0 Å². The van der Waals surface area contributed by atoms with E-state index in [0.29, 0.717) is 13.2 Å². The summed E-state index contributed by atoms with van der Waals surface area (Å²) in [4.78, 5) is 0. The van der Waals surface area contributed by atoms with Crippen LogP contribution in [0.15, 0.2) is 0 Å². The van der Waals surface area contributed by atoms with Gasteiger partial charge in [0, 0.05) is 26.4 Å². The topological polar surface area (TPSA) is 27.7 Å². The zero-order chi connectivity index (χ0) is 11.2. The van der Waals surface area contributed by atoms with E-state index >= 15 is 0 Å². The van der Waals surface area contributed by atoms with Gasteiger partial charge in [0.25, 0.3) is 0 Å². The Hall–Kier alpha value is -0.120. The SMILES string of the molecule is CCCCOC[CH]CCOCCOCC. The van der Waals surface area contributed by atoms with Crippen LogP contribution >= 0.6 is 0 Å². The zero-order valence-electron chi connectivity index (χ0n) is 10.2. The molecule has 0 aliphatic heterocycles. The van der Waals surface area contributed by atoms with E-state index in [1.807, 2.05) is 6.92 Å². The van der Waals surface area contributed by atoms with Crippen molar-refractivity contribution in [2.75, 3.05) is 39.6 Å². The van der Waals surface area contributed by atoms with E-state index in [2.05, 4.69) is 13.3 Å². The van der Waals surface area contributed by atoms with Crippen molar-refractivity contribution in [1.29, 1.82) is 0 Å². The molecule has 0 heterocycles. The zero-order valence-corrected chi connectivity index (χ0v) is 10.2. The van der Waals surface area contributed by atoms with Crippen molar-refractivity contribution < 1.29 is 14.2 Å². The molecule has 15 heavy (non-hydrogen) atoms. The summed E-state index contributed by atoms with van der Waals surface area (Å²) >= 11 is 0. The Morgan fingerprint density at radius 1 is 0.867 bits per heavy atom. The molecular weight excluding hydrogens is 192 g/mol. The van der Waals surface area contributed by atoms with Crippen LogP contribution in [0.1, 0.15) is 33.1 Å². The molecule has 0 amide bonds. The van der Waals surface area contributed by atoms with Crippen molar-refractivity contribution in [2.45, 2.75) is 33.1 Å². The fourth-order valence-electron chi connectivity index (χ4n) is 1.03. The molecule has 0 aliphatic rings. The predicted molar refractivity (Wildman–Crippen MR) is 62.0 cm³/mol.